The Kier molecular flexibility index (Phi) is 4.98. The number of rotatable bonds is 3. The smallest absolute Gasteiger partial charge is 0.0172 e. The van der Waals surface area contributed by atoms with Gasteiger partial charge in [-0.3, -0.25) is 0 Å². The van der Waals surface area contributed by atoms with Crippen LogP contribution in [0.25, 0.3) is 0 Å². The molecule has 3 atom stereocenters. The van der Waals surface area contributed by atoms with Crippen molar-refractivity contribution in [2.45, 2.75) is 50.3 Å². The predicted molar refractivity (Wildman–Crippen MR) is 72.9 cm³/mol. The van der Waals surface area contributed by atoms with Gasteiger partial charge in [-0.1, -0.05) is 19.8 Å². The highest BCUT2D eigenvalue weighted by molar-refractivity contribution is 8.00. The van der Waals surface area contributed by atoms with Gasteiger partial charge in [0.15, 0.2) is 0 Å². The summed E-state index contributed by atoms with van der Waals surface area (Å²) in [5, 5.41) is 0.869. The molecule has 1 heterocycles. The van der Waals surface area contributed by atoms with E-state index in [0.717, 1.165) is 11.2 Å². The van der Waals surface area contributed by atoms with Gasteiger partial charge in [0.25, 0.3) is 0 Å². The molecule has 0 radical (unpaired) electrons. The van der Waals surface area contributed by atoms with Gasteiger partial charge in [-0.25, -0.2) is 0 Å². The lowest BCUT2D eigenvalue weighted by atomic mass is 9.84. The van der Waals surface area contributed by atoms with E-state index in [0.29, 0.717) is 6.04 Å². The van der Waals surface area contributed by atoms with Gasteiger partial charge < -0.3 is 10.6 Å². The van der Waals surface area contributed by atoms with E-state index in [4.69, 9.17) is 5.73 Å². The molecule has 2 aliphatic rings. The Morgan fingerprint density at radius 2 is 2.12 bits per heavy atom. The van der Waals surface area contributed by atoms with E-state index in [2.05, 4.69) is 23.6 Å². The molecule has 1 saturated carbocycles. The Morgan fingerprint density at radius 1 is 1.31 bits per heavy atom. The molecule has 16 heavy (non-hydrogen) atoms. The number of nitrogens with two attached hydrogens (primary N) is 1. The van der Waals surface area contributed by atoms with Crippen LogP contribution in [0, 0.1) is 5.92 Å². The molecule has 94 valence electrons. The first-order valence-corrected chi connectivity index (χ1v) is 7.94. The van der Waals surface area contributed by atoms with Gasteiger partial charge in [-0.15, -0.1) is 0 Å². The second kappa shape index (κ2) is 6.27. The lowest BCUT2D eigenvalue weighted by Gasteiger charge is -2.37. The van der Waals surface area contributed by atoms with Crippen molar-refractivity contribution in [1.82, 2.24) is 4.90 Å². The lowest BCUT2D eigenvalue weighted by Crippen LogP contribution is -2.45. The van der Waals surface area contributed by atoms with Crippen LogP contribution in [0.15, 0.2) is 0 Å². The van der Waals surface area contributed by atoms with Crippen molar-refractivity contribution in [3.05, 3.63) is 0 Å². The molecule has 2 fully saturated rings. The van der Waals surface area contributed by atoms with E-state index >= 15 is 0 Å². The van der Waals surface area contributed by atoms with Crippen LogP contribution in [0.5, 0.6) is 0 Å². The van der Waals surface area contributed by atoms with Gasteiger partial charge in [0.05, 0.1) is 0 Å². The first-order chi connectivity index (χ1) is 7.79. The quantitative estimate of drug-likeness (QED) is 0.823. The molecule has 1 aliphatic carbocycles. The highest BCUT2D eigenvalue weighted by Gasteiger charge is 2.26. The molecule has 2 N–H and O–H groups in total. The standard InChI is InChI=1S/C13H26N2S/c1-2-12-10-15(7-8-16-12)9-11-5-3-4-6-13(11)14/h11-13H,2-10,14H2,1H3. The van der Waals surface area contributed by atoms with Crippen LogP contribution < -0.4 is 5.73 Å². The minimum atomic E-state index is 0.475. The molecular formula is C13H26N2S. The normalized spacial score (nSPS) is 37.5. The zero-order valence-electron chi connectivity index (χ0n) is 10.5. The highest BCUT2D eigenvalue weighted by Crippen LogP contribution is 2.26. The van der Waals surface area contributed by atoms with Gasteiger partial charge in [-0.05, 0) is 25.2 Å². The third-order valence-corrected chi connectivity index (χ3v) is 5.51. The molecule has 1 aliphatic heterocycles. The van der Waals surface area contributed by atoms with Crippen molar-refractivity contribution in [2.24, 2.45) is 11.7 Å². The zero-order valence-corrected chi connectivity index (χ0v) is 11.3. The van der Waals surface area contributed by atoms with E-state index in [-0.39, 0.29) is 0 Å². The van der Waals surface area contributed by atoms with Crippen molar-refractivity contribution in [3.63, 3.8) is 0 Å². The van der Waals surface area contributed by atoms with Crippen molar-refractivity contribution >= 4 is 11.8 Å². The molecule has 0 aromatic heterocycles. The Labute approximate surface area is 104 Å². The average molecular weight is 242 g/mol. The maximum absolute atomic E-state index is 6.23. The van der Waals surface area contributed by atoms with Crippen LogP contribution in [-0.2, 0) is 0 Å². The molecule has 3 unspecified atom stereocenters. The number of hydrogen-bond donors (Lipinski definition) is 1. The summed E-state index contributed by atoms with van der Waals surface area (Å²) in [5.41, 5.74) is 6.23. The Morgan fingerprint density at radius 3 is 2.88 bits per heavy atom. The minimum absolute atomic E-state index is 0.475. The fourth-order valence-electron chi connectivity index (χ4n) is 2.99. The van der Waals surface area contributed by atoms with Gasteiger partial charge in [0.1, 0.15) is 0 Å². The topological polar surface area (TPSA) is 29.3 Å². The monoisotopic (exact) mass is 242 g/mol. The lowest BCUT2D eigenvalue weighted by molar-refractivity contribution is 0.187. The van der Waals surface area contributed by atoms with E-state index in [9.17, 15) is 0 Å². The second-order valence-electron chi connectivity index (χ2n) is 5.37. The van der Waals surface area contributed by atoms with Crippen molar-refractivity contribution in [3.8, 4) is 0 Å². The van der Waals surface area contributed by atoms with E-state index in [1.54, 1.807) is 0 Å². The van der Waals surface area contributed by atoms with Gasteiger partial charge in [0, 0.05) is 36.7 Å². The third kappa shape index (κ3) is 3.38. The Balaban J connectivity index is 1.79. The van der Waals surface area contributed by atoms with E-state index in [1.807, 2.05) is 0 Å². The molecule has 0 spiro atoms. The molecule has 0 aromatic carbocycles. The SMILES string of the molecule is CCC1CN(CC2CCCCC2N)CCS1. The average Bonchev–Trinajstić information content (AvgIpc) is 2.32. The molecule has 1 saturated heterocycles. The largest absolute Gasteiger partial charge is 0.327 e. The summed E-state index contributed by atoms with van der Waals surface area (Å²) >= 11 is 2.16. The van der Waals surface area contributed by atoms with Crippen molar-refractivity contribution in [2.75, 3.05) is 25.4 Å². The highest BCUT2D eigenvalue weighted by atomic mass is 32.2. The van der Waals surface area contributed by atoms with E-state index < -0.39 is 0 Å². The van der Waals surface area contributed by atoms with Crippen LogP contribution in [0.4, 0.5) is 0 Å². The molecular weight excluding hydrogens is 216 g/mol. The maximum atomic E-state index is 6.23. The molecule has 0 aromatic rings. The number of nitrogens with zero attached hydrogens (tertiary/aromatic N) is 1. The predicted octanol–water partition coefficient (Wildman–Crippen LogP) is 2.33. The van der Waals surface area contributed by atoms with Gasteiger partial charge in [-0.2, -0.15) is 11.8 Å². The Hall–Kier alpha value is 0.270. The van der Waals surface area contributed by atoms with Crippen LogP contribution in [-0.4, -0.2) is 41.6 Å². The van der Waals surface area contributed by atoms with E-state index in [1.165, 1.54) is 57.5 Å². The van der Waals surface area contributed by atoms with Crippen LogP contribution in [0.1, 0.15) is 39.0 Å². The van der Waals surface area contributed by atoms with Crippen LogP contribution in [0.3, 0.4) is 0 Å². The first kappa shape index (κ1) is 12.7. The summed E-state index contributed by atoms with van der Waals surface area (Å²) in [6, 6.07) is 0.475. The minimum Gasteiger partial charge on any atom is -0.327 e. The second-order valence-corrected chi connectivity index (χ2v) is 6.78. The fourth-order valence-corrected chi connectivity index (χ4v) is 4.24. The number of thioether (sulfide) groups is 1. The maximum Gasteiger partial charge on any atom is 0.0172 e. The molecule has 0 bridgehead atoms. The van der Waals surface area contributed by atoms with Crippen molar-refractivity contribution < 1.29 is 0 Å². The fraction of sp³-hybridized carbons (Fsp3) is 1.00. The molecule has 2 rings (SSSR count). The first-order valence-electron chi connectivity index (χ1n) is 6.89. The van der Waals surface area contributed by atoms with Crippen LogP contribution in [0.2, 0.25) is 0 Å². The summed E-state index contributed by atoms with van der Waals surface area (Å²) in [6.45, 7) is 6.15. The summed E-state index contributed by atoms with van der Waals surface area (Å²) in [5.74, 6) is 2.09. The number of hydrogen-bond acceptors (Lipinski definition) is 3. The summed E-state index contributed by atoms with van der Waals surface area (Å²) < 4.78 is 0. The third-order valence-electron chi connectivity index (χ3n) is 4.14. The Bertz CT molecular complexity index is 210. The van der Waals surface area contributed by atoms with Gasteiger partial charge in [0.2, 0.25) is 0 Å². The summed E-state index contributed by atoms with van der Waals surface area (Å²) in [7, 11) is 0. The van der Waals surface area contributed by atoms with Gasteiger partial charge >= 0.3 is 0 Å². The summed E-state index contributed by atoms with van der Waals surface area (Å²) in [4.78, 5) is 2.67. The molecule has 3 heteroatoms. The molecule has 0 amide bonds. The molecule has 2 nitrogen and oxygen atoms in total. The zero-order chi connectivity index (χ0) is 11.4. The summed E-state index contributed by atoms with van der Waals surface area (Å²) in [6.07, 6.45) is 6.69. The van der Waals surface area contributed by atoms with Crippen molar-refractivity contribution in [1.29, 1.82) is 0 Å². The van der Waals surface area contributed by atoms with Crippen LogP contribution >= 0.6 is 11.8 Å².